The Bertz CT molecular complexity index is 736. The number of fused-ring (bicyclic) bond motifs is 2. The molecule has 1 N–H and O–H groups in total. The van der Waals surface area contributed by atoms with Gasteiger partial charge in [-0.1, -0.05) is 30.0 Å². The third-order valence-electron chi connectivity index (χ3n) is 3.72. The Morgan fingerprint density at radius 2 is 2.24 bits per heavy atom. The predicted molar refractivity (Wildman–Crippen MR) is 84.8 cm³/mol. The van der Waals surface area contributed by atoms with Gasteiger partial charge in [-0.3, -0.25) is 0 Å². The fourth-order valence-corrected chi connectivity index (χ4v) is 3.54. The quantitative estimate of drug-likeness (QED) is 0.750. The molecule has 0 amide bonds. The van der Waals surface area contributed by atoms with E-state index in [0.29, 0.717) is 0 Å². The molecule has 2 aromatic heterocycles. The van der Waals surface area contributed by atoms with E-state index in [9.17, 15) is 0 Å². The number of thioether (sulfide) groups is 1. The summed E-state index contributed by atoms with van der Waals surface area (Å²) in [6, 6.07) is 8.67. The average molecular weight is 297 g/mol. The highest BCUT2D eigenvalue weighted by atomic mass is 32.2. The number of anilines is 1. The lowest BCUT2D eigenvalue weighted by atomic mass is 10.2. The molecule has 0 saturated heterocycles. The molecule has 0 bridgehead atoms. The van der Waals surface area contributed by atoms with Crippen LogP contribution in [0.4, 0.5) is 5.69 Å². The van der Waals surface area contributed by atoms with Crippen LogP contribution in [0.5, 0.6) is 0 Å². The Balaban J connectivity index is 1.40. The molecule has 3 aromatic rings. The fourth-order valence-electron chi connectivity index (χ4n) is 2.70. The molecule has 0 unspecified atom stereocenters. The van der Waals surface area contributed by atoms with Crippen LogP contribution < -0.4 is 4.90 Å². The first kappa shape index (κ1) is 12.6. The van der Waals surface area contributed by atoms with Crippen molar-refractivity contribution >= 4 is 28.6 Å². The number of benzene rings is 1. The molecular formula is C15H15N5S. The van der Waals surface area contributed by atoms with Crippen LogP contribution in [-0.2, 0) is 6.42 Å². The summed E-state index contributed by atoms with van der Waals surface area (Å²) in [5.41, 5.74) is 4.47. The highest BCUT2D eigenvalue weighted by molar-refractivity contribution is 7.99. The Kier molecular flexibility index (Phi) is 3.23. The summed E-state index contributed by atoms with van der Waals surface area (Å²) in [6.07, 6.45) is 4.44. The summed E-state index contributed by atoms with van der Waals surface area (Å²) < 4.78 is 0. The second-order valence-corrected chi connectivity index (χ2v) is 6.10. The van der Waals surface area contributed by atoms with Crippen LogP contribution >= 0.6 is 11.8 Å². The lowest BCUT2D eigenvalue weighted by Gasteiger charge is -2.18. The van der Waals surface area contributed by atoms with Crippen molar-refractivity contribution in [3.63, 3.8) is 0 Å². The largest absolute Gasteiger partial charge is 0.370 e. The second kappa shape index (κ2) is 5.37. The van der Waals surface area contributed by atoms with E-state index in [0.717, 1.165) is 41.6 Å². The predicted octanol–water partition coefficient (Wildman–Crippen LogP) is 2.51. The Morgan fingerprint density at radius 1 is 1.29 bits per heavy atom. The van der Waals surface area contributed by atoms with Crippen molar-refractivity contribution in [2.75, 3.05) is 23.7 Å². The molecule has 0 spiro atoms. The molecular weight excluding hydrogens is 282 g/mol. The number of H-pyrrole nitrogens is 1. The standard InChI is InChI=1S/C15H15N5S/c1-2-4-13-11(3-1)5-6-20(13)7-8-21-15-18-12-9-16-10-17-14(12)19-15/h1-4,9-10H,5-8H2,(H,16,17,18,19). The zero-order chi connectivity index (χ0) is 14.1. The van der Waals surface area contributed by atoms with Crippen molar-refractivity contribution < 1.29 is 0 Å². The van der Waals surface area contributed by atoms with Crippen molar-refractivity contribution in [1.82, 2.24) is 19.9 Å². The molecule has 1 aliphatic heterocycles. The maximum Gasteiger partial charge on any atom is 0.181 e. The van der Waals surface area contributed by atoms with Crippen molar-refractivity contribution in [2.24, 2.45) is 0 Å². The Labute approximate surface area is 126 Å². The van der Waals surface area contributed by atoms with Crippen LogP contribution in [0.25, 0.3) is 11.2 Å². The summed E-state index contributed by atoms with van der Waals surface area (Å²) >= 11 is 1.73. The zero-order valence-electron chi connectivity index (χ0n) is 11.5. The number of rotatable bonds is 4. The smallest absolute Gasteiger partial charge is 0.181 e. The molecule has 5 nitrogen and oxygen atoms in total. The highest BCUT2D eigenvalue weighted by Gasteiger charge is 2.17. The summed E-state index contributed by atoms with van der Waals surface area (Å²) in [5.74, 6) is 1.00. The first-order chi connectivity index (χ1) is 10.4. The lowest BCUT2D eigenvalue weighted by molar-refractivity contribution is 0.872. The number of nitrogens with zero attached hydrogens (tertiary/aromatic N) is 4. The SMILES string of the molecule is c1ccc2c(c1)CCN2CCSc1nc2ncncc2[nH]1. The van der Waals surface area contributed by atoms with E-state index in [-0.39, 0.29) is 0 Å². The minimum absolute atomic E-state index is 0.735. The Hall–Kier alpha value is -2.08. The molecule has 3 heterocycles. The molecule has 6 heteroatoms. The summed E-state index contributed by atoms with van der Waals surface area (Å²) in [6.45, 7) is 2.15. The second-order valence-electron chi connectivity index (χ2n) is 5.02. The fraction of sp³-hybridized carbons (Fsp3) is 0.267. The number of nitrogens with one attached hydrogen (secondary N) is 1. The maximum atomic E-state index is 4.46. The molecule has 1 aromatic carbocycles. The number of imidazole rings is 1. The lowest BCUT2D eigenvalue weighted by Crippen LogP contribution is -2.23. The molecule has 21 heavy (non-hydrogen) atoms. The van der Waals surface area contributed by atoms with E-state index >= 15 is 0 Å². The summed E-state index contributed by atoms with van der Waals surface area (Å²) in [5, 5.41) is 0.915. The molecule has 106 valence electrons. The van der Waals surface area contributed by atoms with E-state index in [1.54, 1.807) is 18.0 Å². The van der Waals surface area contributed by atoms with E-state index in [2.05, 4.69) is 49.1 Å². The van der Waals surface area contributed by atoms with Gasteiger partial charge in [0.15, 0.2) is 10.8 Å². The van der Waals surface area contributed by atoms with Crippen LogP contribution in [0.2, 0.25) is 0 Å². The van der Waals surface area contributed by atoms with Gasteiger partial charge in [-0.2, -0.15) is 0 Å². The van der Waals surface area contributed by atoms with Crippen molar-refractivity contribution in [3.8, 4) is 0 Å². The van der Waals surface area contributed by atoms with Gasteiger partial charge in [0.25, 0.3) is 0 Å². The molecule has 0 radical (unpaired) electrons. The van der Waals surface area contributed by atoms with Crippen LogP contribution in [0.15, 0.2) is 41.9 Å². The van der Waals surface area contributed by atoms with E-state index in [1.807, 2.05) is 0 Å². The maximum absolute atomic E-state index is 4.46. The Morgan fingerprint density at radius 3 is 3.19 bits per heavy atom. The number of aromatic amines is 1. The van der Waals surface area contributed by atoms with Crippen LogP contribution in [0, 0.1) is 0 Å². The first-order valence-corrected chi connectivity index (χ1v) is 8.00. The normalized spacial score (nSPS) is 13.8. The van der Waals surface area contributed by atoms with Crippen LogP contribution in [0.1, 0.15) is 5.56 Å². The number of para-hydroxylation sites is 1. The molecule has 0 saturated carbocycles. The number of hydrogen-bond acceptors (Lipinski definition) is 5. The highest BCUT2D eigenvalue weighted by Crippen LogP contribution is 2.28. The molecule has 1 aliphatic rings. The van der Waals surface area contributed by atoms with Crippen molar-refractivity contribution in [2.45, 2.75) is 11.6 Å². The van der Waals surface area contributed by atoms with E-state index in [4.69, 9.17) is 0 Å². The topological polar surface area (TPSA) is 57.7 Å². The third kappa shape index (κ3) is 2.47. The van der Waals surface area contributed by atoms with Crippen molar-refractivity contribution in [1.29, 1.82) is 0 Å². The van der Waals surface area contributed by atoms with Gasteiger partial charge in [-0.15, -0.1) is 0 Å². The third-order valence-corrected chi connectivity index (χ3v) is 4.58. The van der Waals surface area contributed by atoms with Gasteiger partial charge in [-0.05, 0) is 18.1 Å². The minimum Gasteiger partial charge on any atom is -0.370 e. The monoisotopic (exact) mass is 297 g/mol. The average Bonchev–Trinajstić information content (AvgIpc) is 3.11. The zero-order valence-corrected chi connectivity index (χ0v) is 12.3. The van der Waals surface area contributed by atoms with E-state index in [1.165, 1.54) is 17.6 Å². The van der Waals surface area contributed by atoms with Crippen LogP contribution in [-0.4, -0.2) is 38.8 Å². The van der Waals surface area contributed by atoms with Crippen LogP contribution in [0.3, 0.4) is 0 Å². The van der Waals surface area contributed by atoms with Crippen molar-refractivity contribution in [3.05, 3.63) is 42.4 Å². The molecule has 0 atom stereocenters. The summed E-state index contributed by atoms with van der Waals surface area (Å²) in [4.78, 5) is 18.3. The van der Waals surface area contributed by atoms with Gasteiger partial charge in [0.1, 0.15) is 11.8 Å². The number of hydrogen-bond donors (Lipinski definition) is 1. The van der Waals surface area contributed by atoms with Gasteiger partial charge in [0.05, 0.1) is 6.20 Å². The van der Waals surface area contributed by atoms with Gasteiger partial charge < -0.3 is 9.88 Å². The molecule has 4 rings (SSSR count). The first-order valence-electron chi connectivity index (χ1n) is 7.01. The van der Waals surface area contributed by atoms with E-state index < -0.39 is 0 Å². The summed E-state index contributed by atoms with van der Waals surface area (Å²) in [7, 11) is 0. The van der Waals surface area contributed by atoms with Gasteiger partial charge in [0, 0.05) is 24.5 Å². The molecule has 0 fully saturated rings. The van der Waals surface area contributed by atoms with Gasteiger partial charge in [0.2, 0.25) is 0 Å². The number of aromatic nitrogens is 4. The molecule has 0 aliphatic carbocycles. The van der Waals surface area contributed by atoms with Gasteiger partial charge >= 0.3 is 0 Å². The van der Waals surface area contributed by atoms with Gasteiger partial charge in [-0.25, -0.2) is 15.0 Å². The minimum atomic E-state index is 0.735.